The Morgan fingerprint density at radius 1 is 1.12 bits per heavy atom. The minimum Gasteiger partial charge on any atom is -0.449 e. The predicted molar refractivity (Wildman–Crippen MR) is 92.3 cm³/mol. The molecule has 0 spiro atoms. The third-order valence-electron chi connectivity index (χ3n) is 4.41. The summed E-state index contributed by atoms with van der Waals surface area (Å²) in [5, 5.41) is 2.83. The van der Waals surface area contributed by atoms with E-state index in [1.165, 1.54) is 10.6 Å². The summed E-state index contributed by atoms with van der Waals surface area (Å²) in [4.78, 5) is 29.7. The zero-order chi connectivity index (χ0) is 16.9. The minimum absolute atomic E-state index is 0.0268. The number of rotatable bonds is 4. The van der Waals surface area contributed by atoms with Gasteiger partial charge in [0, 0.05) is 44.1 Å². The van der Waals surface area contributed by atoms with Crippen LogP contribution in [-0.4, -0.2) is 74.7 Å². The van der Waals surface area contributed by atoms with Crippen LogP contribution in [0.2, 0.25) is 0 Å². The van der Waals surface area contributed by atoms with Crippen LogP contribution in [-0.2, 0) is 9.53 Å². The number of hydrogen-bond donors (Lipinski definition) is 1. The first kappa shape index (κ1) is 16.6. The summed E-state index contributed by atoms with van der Waals surface area (Å²) in [7, 11) is 2.13. The Morgan fingerprint density at radius 3 is 2.50 bits per heavy atom. The van der Waals surface area contributed by atoms with Crippen molar-refractivity contribution in [3.8, 4) is 0 Å². The largest absolute Gasteiger partial charge is 0.449 e. The van der Waals surface area contributed by atoms with Crippen LogP contribution in [0.3, 0.4) is 0 Å². The summed E-state index contributed by atoms with van der Waals surface area (Å²) < 4.78 is 4.93. The summed E-state index contributed by atoms with van der Waals surface area (Å²) in [5.74, 6) is -0.207. The van der Waals surface area contributed by atoms with Gasteiger partial charge in [0.1, 0.15) is 6.54 Å². The second kappa shape index (κ2) is 7.53. The lowest BCUT2D eigenvalue weighted by Gasteiger charge is -2.34. The van der Waals surface area contributed by atoms with E-state index in [0.717, 1.165) is 38.3 Å². The van der Waals surface area contributed by atoms with Gasteiger partial charge in [-0.2, -0.15) is 0 Å². The van der Waals surface area contributed by atoms with Crippen LogP contribution in [0.4, 0.5) is 16.2 Å². The Bertz CT molecular complexity index is 582. The Hall–Kier alpha value is -2.28. The van der Waals surface area contributed by atoms with Crippen molar-refractivity contribution in [2.45, 2.75) is 6.42 Å². The van der Waals surface area contributed by atoms with E-state index in [1.54, 1.807) is 0 Å². The second-order valence-electron chi connectivity index (χ2n) is 6.27. The van der Waals surface area contributed by atoms with Crippen LogP contribution in [0.1, 0.15) is 6.42 Å². The number of piperazine rings is 1. The van der Waals surface area contributed by atoms with Gasteiger partial charge in [0.15, 0.2) is 0 Å². The zero-order valence-electron chi connectivity index (χ0n) is 14.0. The number of likely N-dealkylation sites (N-methyl/N-ethyl adjacent to an activating group) is 1. The van der Waals surface area contributed by atoms with Crippen molar-refractivity contribution >= 4 is 23.4 Å². The van der Waals surface area contributed by atoms with E-state index in [9.17, 15) is 9.59 Å². The van der Waals surface area contributed by atoms with E-state index in [4.69, 9.17) is 4.74 Å². The number of amides is 2. The number of carbonyl (C=O) groups is 2. The highest BCUT2D eigenvalue weighted by molar-refractivity contribution is 5.94. The normalized spacial score (nSPS) is 19.1. The van der Waals surface area contributed by atoms with Gasteiger partial charge in [-0.05, 0) is 37.7 Å². The lowest BCUT2D eigenvalue weighted by molar-refractivity contribution is -0.117. The maximum atomic E-state index is 12.1. The van der Waals surface area contributed by atoms with Gasteiger partial charge in [0.25, 0.3) is 0 Å². The molecular formula is C17H24N4O3. The smallest absolute Gasteiger partial charge is 0.410 e. The van der Waals surface area contributed by atoms with Crippen molar-refractivity contribution in [2.24, 2.45) is 0 Å². The van der Waals surface area contributed by atoms with Gasteiger partial charge in [0.2, 0.25) is 5.91 Å². The van der Waals surface area contributed by atoms with Crippen LogP contribution in [0.5, 0.6) is 0 Å². The quantitative estimate of drug-likeness (QED) is 0.898. The van der Waals surface area contributed by atoms with Crippen molar-refractivity contribution in [3.63, 3.8) is 0 Å². The molecule has 2 heterocycles. The summed E-state index contributed by atoms with van der Waals surface area (Å²) >= 11 is 0. The third-order valence-corrected chi connectivity index (χ3v) is 4.41. The fraction of sp³-hybridized carbons (Fsp3) is 0.529. The molecule has 0 aliphatic carbocycles. The minimum atomic E-state index is -0.415. The molecule has 2 aliphatic rings. The van der Waals surface area contributed by atoms with Gasteiger partial charge in [0.05, 0.1) is 6.61 Å². The molecule has 24 heavy (non-hydrogen) atoms. The van der Waals surface area contributed by atoms with Gasteiger partial charge in [-0.3, -0.25) is 9.69 Å². The molecule has 130 valence electrons. The lowest BCUT2D eigenvalue weighted by Crippen LogP contribution is -2.44. The molecule has 0 bridgehead atoms. The number of benzene rings is 1. The molecule has 0 atom stereocenters. The number of anilines is 2. The molecule has 2 aliphatic heterocycles. The van der Waals surface area contributed by atoms with Gasteiger partial charge in [-0.1, -0.05) is 0 Å². The molecule has 0 radical (unpaired) electrons. The average molecular weight is 332 g/mol. The first-order valence-electron chi connectivity index (χ1n) is 8.37. The van der Waals surface area contributed by atoms with E-state index < -0.39 is 6.09 Å². The lowest BCUT2D eigenvalue weighted by atomic mass is 10.2. The topological polar surface area (TPSA) is 65.1 Å². The van der Waals surface area contributed by atoms with Gasteiger partial charge < -0.3 is 19.9 Å². The van der Waals surface area contributed by atoms with Crippen molar-refractivity contribution in [2.75, 3.05) is 63.1 Å². The van der Waals surface area contributed by atoms with Crippen LogP contribution in [0, 0.1) is 0 Å². The number of nitrogens with one attached hydrogen (secondary N) is 1. The van der Waals surface area contributed by atoms with E-state index in [2.05, 4.69) is 22.2 Å². The third kappa shape index (κ3) is 4.17. The van der Waals surface area contributed by atoms with Crippen molar-refractivity contribution in [1.82, 2.24) is 9.80 Å². The first-order valence-corrected chi connectivity index (χ1v) is 8.37. The molecule has 1 aromatic rings. The summed E-state index contributed by atoms with van der Waals surface area (Å²) in [5.41, 5.74) is 1.91. The molecule has 0 saturated carbocycles. The maximum absolute atomic E-state index is 12.1. The fourth-order valence-electron chi connectivity index (χ4n) is 2.94. The van der Waals surface area contributed by atoms with Crippen molar-refractivity contribution in [3.05, 3.63) is 24.3 Å². The maximum Gasteiger partial charge on any atom is 0.410 e. The van der Waals surface area contributed by atoms with Crippen LogP contribution in [0.25, 0.3) is 0 Å². The van der Waals surface area contributed by atoms with E-state index in [-0.39, 0.29) is 12.5 Å². The van der Waals surface area contributed by atoms with Crippen molar-refractivity contribution in [1.29, 1.82) is 0 Å². The highest BCUT2D eigenvalue weighted by atomic mass is 16.6. The molecule has 1 aromatic carbocycles. The summed E-state index contributed by atoms with van der Waals surface area (Å²) in [6.07, 6.45) is 0.348. The highest BCUT2D eigenvalue weighted by Gasteiger charge is 2.22. The predicted octanol–water partition coefficient (Wildman–Crippen LogP) is 1.22. The average Bonchev–Trinajstić information content (AvgIpc) is 2.58. The second-order valence-corrected chi connectivity index (χ2v) is 6.27. The Kier molecular flexibility index (Phi) is 5.20. The number of cyclic esters (lactones) is 1. The summed E-state index contributed by atoms with van der Waals surface area (Å²) in [6, 6.07) is 7.85. The number of hydrogen-bond acceptors (Lipinski definition) is 5. The molecule has 7 nitrogen and oxygen atoms in total. The number of carbonyl (C=O) groups excluding carboxylic acids is 2. The fourth-order valence-corrected chi connectivity index (χ4v) is 2.94. The monoisotopic (exact) mass is 332 g/mol. The Morgan fingerprint density at radius 2 is 1.83 bits per heavy atom. The van der Waals surface area contributed by atoms with E-state index >= 15 is 0 Å². The molecule has 2 fully saturated rings. The summed E-state index contributed by atoms with van der Waals surface area (Å²) in [6.45, 7) is 5.17. The highest BCUT2D eigenvalue weighted by Crippen LogP contribution is 2.19. The Balaban J connectivity index is 1.52. The van der Waals surface area contributed by atoms with Crippen LogP contribution in [0.15, 0.2) is 24.3 Å². The number of ether oxygens (including phenoxy) is 1. The van der Waals surface area contributed by atoms with Gasteiger partial charge >= 0.3 is 6.09 Å². The Labute approximate surface area is 142 Å². The van der Waals surface area contributed by atoms with Crippen molar-refractivity contribution < 1.29 is 14.3 Å². The molecule has 7 heteroatoms. The van der Waals surface area contributed by atoms with E-state index in [0.29, 0.717) is 13.2 Å². The standard InChI is InChI=1S/C17H24N4O3/c1-19-8-10-20(11-9-19)15-5-3-14(4-6-15)18-16(22)13-21-7-2-12-24-17(21)23/h3-6H,2,7-13H2,1H3,(H,18,22). The molecule has 2 amide bonds. The van der Waals surface area contributed by atoms with Crippen LogP contribution >= 0.6 is 0 Å². The number of nitrogens with zero attached hydrogens (tertiary/aromatic N) is 3. The van der Waals surface area contributed by atoms with Gasteiger partial charge in [-0.15, -0.1) is 0 Å². The van der Waals surface area contributed by atoms with Gasteiger partial charge in [-0.25, -0.2) is 4.79 Å². The molecule has 2 saturated heterocycles. The SMILES string of the molecule is CN1CCN(c2ccc(NC(=O)CN3CCCOC3=O)cc2)CC1. The first-order chi connectivity index (χ1) is 11.6. The van der Waals surface area contributed by atoms with E-state index in [1.807, 2.05) is 24.3 Å². The molecule has 3 rings (SSSR count). The molecule has 0 unspecified atom stereocenters. The molecule has 0 aromatic heterocycles. The molecule has 1 N–H and O–H groups in total. The molecular weight excluding hydrogens is 308 g/mol. The van der Waals surface area contributed by atoms with Crippen LogP contribution < -0.4 is 10.2 Å². The zero-order valence-corrected chi connectivity index (χ0v) is 14.0.